The lowest BCUT2D eigenvalue weighted by Gasteiger charge is -2.26. The summed E-state index contributed by atoms with van der Waals surface area (Å²) in [6.07, 6.45) is 0.857. The molecule has 1 aliphatic carbocycles. The first-order valence-electron chi connectivity index (χ1n) is 9.73. The van der Waals surface area contributed by atoms with Gasteiger partial charge in [-0.15, -0.1) is 0 Å². The Hall–Kier alpha value is -1.89. The summed E-state index contributed by atoms with van der Waals surface area (Å²) in [7, 11) is 0. The van der Waals surface area contributed by atoms with E-state index in [0.29, 0.717) is 5.78 Å². The molecule has 2 aromatic carbocycles. The fourth-order valence-corrected chi connectivity index (χ4v) is 4.24. The summed E-state index contributed by atoms with van der Waals surface area (Å²) in [5.41, 5.74) is 8.82. The molecule has 0 saturated carbocycles. The van der Waals surface area contributed by atoms with E-state index >= 15 is 0 Å². The second-order valence-corrected chi connectivity index (χ2v) is 10.00. The van der Waals surface area contributed by atoms with Crippen LogP contribution in [0.5, 0.6) is 0 Å². The minimum Gasteiger partial charge on any atom is -0.294 e. The quantitative estimate of drug-likeness (QED) is 0.565. The van der Waals surface area contributed by atoms with E-state index in [2.05, 4.69) is 85.7 Å². The van der Waals surface area contributed by atoms with Gasteiger partial charge in [-0.2, -0.15) is 0 Å². The molecule has 0 bridgehead atoms. The van der Waals surface area contributed by atoms with Crippen LogP contribution in [0.15, 0.2) is 30.3 Å². The first-order chi connectivity index (χ1) is 11.9. The molecular weight excluding hydrogens is 316 g/mol. The molecule has 2 aromatic rings. The Morgan fingerprint density at radius 2 is 1.50 bits per heavy atom. The maximum Gasteiger partial charge on any atom is 0.166 e. The average molecular weight is 349 g/mol. The number of rotatable bonds is 1. The van der Waals surface area contributed by atoms with E-state index in [4.69, 9.17) is 0 Å². The van der Waals surface area contributed by atoms with Crippen molar-refractivity contribution in [1.82, 2.24) is 0 Å². The zero-order valence-electron chi connectivity index (χ0n) is 17.6. The van der Waals surface area contributed by atoms with Gasteiger partial charge in [0.05, 0.1) is 0 Å². The molecule has 0 saturated heterocycles. The SMILES string of the molecule is Cc1c(C(C)(C)C)cc2c(c1-c1ccc(C(C)(C)C)cc1)CC(C)C2=O. The third-order valence-electron chi connectivity index (χ3n) is 5.77. The normalized spacial score (nSPS) is 17.5. The summed E-state index contributed by atoms with van der Waals surface area (Å²) in [5.74, 6) is 0.394. The van der Waals surface area contributed by atoms with E-state index in [1.165, 1.54) is 33.4 Å². The number of carbonyl (C=O) groups excluding carboxylic acids is 1. The van der Waals surface area contributed by atoms with Gasteiger partial charge in [0, 0.05) is 11.5 Å². The second-order valence-electron chi connectivity index (χ2n) is 10.00. The number of benzene rings is 2. The van der Waals surface area contributed by atoms with Gasteiger partial charge in [0.25, 0.3) is 0 Å². The molecule has 0 aliphatic heterocycles. The van der Waals surface area contributed by atoms with Gasteiger partial charge >= 0.3 is 0 Å². The van der Waals surface area contributed by atoms with Crippen LogP contribution >= 0.6 is 0 Å². The molecule has 0 fully saturated rings. The molecule has 0 aromatic heterocycles. The molecule has 0 heterocycles. The van der Waals surface area contributed by atoms with Gasteiger partial charge < -0.3 is 0 Å². The van der Waals surface area contributed by atoms with Crippen molar-refractivity contribution in [2.75, 3.05) is 0 Å². The van der Waals surface area contributed by atoms with Crippen LogP contribution in [0, 0.1) is 12.8 Å². The highest BCUT2D eigenvalue weighted by atomic mass is 16.1. The van der Waals surface area contributed by atoms with Crippen LogP contribution in [0.3, 0.4) is 0 Å². The van der Waals surface area contributed by atoms with Crippen LogP contribution in [0.2, 0.25) is 0 Å². The summed E-state index contributed by atoms with van der Waals surface area (Å²) < 4.78 is 0. The molecule has 1 aliphatic rings. The predicted molar refractivity (Wildman–Crippen MR) is 111 cm³/mol. The van der Waals surface area contributed by atoms with Crippen LogP contribution in [0.1, 0.15) is 81.1 Å². The Kier molecular flexibility index (Phi) is 4.42. The standard InChI is InChI=1S/C25H32O/c1-15-13-19-20(23(15)26)14-21(25(6,7)8)16(2)22(19)17-9-11-18(12-10-17)24(3,4)5/h9-12,14-15H,13H2,1-8H3. The minimum atomic E-state index is 0.0192. The Labute approximate surface area is 158 Å². The van der Waals surface area contributed by atoms with Gasteiger partial charge in [-0.3, -0.25) is 4.79 Å². The van der Waals surface area contributed by atoms with E-state index in [1.807, 2.05) is 0 Å². The molecule has 3 rings (SSSR count). The van der Waals surface area contributed by atoms with Crippen molar-refractivity contribution in [3.05, 3.63) is 58.1 Å². The molecule has 0 amide bonds. The first-order valence-corrected chi connectivity index (χ1v) is 9.73. The highest BCUT2D eigenvalue weighted by Gasteiger charge is 2.33. The lowest BCUT2D eigenvalue weighted by molar-refractivity contribution is 0.0946. The highest BCUT2D eigenvalue weighted by Crippen LogP contribution is 2.42. The van der Waals surface area contributed by atoms with Gasteiger partial charge in [0.15, 0.2) is 5.78 Å². The van der Waals surface area contributed by atoms with Crippen LogP contribution in [0.25, 0.3) is 11.1 Å². The Morgan fingerprint density at radius 3 is 2.00 bits per heavy atom. The lowest BCUT2D eigenvalue weighted by atomic mass is 9.78. The first kappa shape index (κ1) is 18.9. The van der Waals surface area contributed by atoms with Gasteiger partial charge in [-0.25, -0.2) is 0 Å². The van der Waals surface area contributed by atoms with Gasteiger partial charge in [-0.05, 0) is 63.6 Å². The van der Waals surface area contributed by atoms with Crippen LogP contribution in [-0.4, -0.2) is 5.78 Å². The van der Waals surface area contributed by atoms with E-state index in [0.717, 1.165) is 12.0 Å². The molecule has 1 nitrogen and oxygen atoms in total. The summed E-state index contributed by atoms with van der Waals surface area (Å²) >= 11 is 0. The number of carbonyl (C=O) groups is 1. The van der Waals surface area contributed by atoms with Crippen molar-refractivity contribution >= 4 is 5.78 Å². The number of ketones is 1. The largest absolute Gasteiger partial charge is 0.294 e. The maximum atomic E-state index is 12.8. The van der Waals surface area contributed by atoms with Gasteiger partial charge in [0.2, 0.25) is 0 Å². The molecule has 0 spiro atoms. The van der Waals surface area contributed by atoms with Crippen molar-refractivity contribution in [1.29, 1.82) is 0 Å². The fourth-order valence-electron chi connectivity index (χ4n) is 4.24. The lowest BCUT2D eigenvalue weighted by Crippen LogP contribution is -2.16. The van der Waals surface area contributed by atoms with Crippen molar-refractivity contribution in [2.24, 2.45) is 5.92 Å². The van der Waals surface area contributed by atoms with Crippen molar-refractivity contribution in [3.63, 3.8) is 0 Å². The van der Waals surface area contributed by atoms with Gasteiger partial charge in [-0.1, -0.05) is 72.7 Å². The summed E-state index contributed by atoms with van der Waals surface area (Å²) in [5, 5.41) is 0. The summed E-state index contributed by atoms with van der Waals surface area (Å²) in [4.78, 5) is 12.8. The van der Waals surface area contributed by atoms with Crippen LogP contribution in [0.4, 0.5) is 0 Å². The number of Topliss-reactive ketones (excluding diaryl/α,β-unsaturated/α-hetero) is 1. The van der Waals surface area contributed by atoms with E-state index < -0.39 is 0 Å². The Morgan fingerprint density at radius 1 is 0.923 bits per heavy atom. The van der Waals surface area contributed by atoms with Gasteiger partial charge in [0.1, 0.15) is 0 Å². The third kappa shape index (κ3) is 3.13. The second kappa shape index (κ2) is 6.08. The molecule has 138 valence electrons. The fraction of sp³-hybridized carbons (Fsp3) is 0.480. The van der Waals surface area contributed by atoms with E-state index in [-0.39, 0.29) is 16.7 Å². The van der Waals surface area contributed by atoms with E-state index in [9.17, 15) is 4.79 Å². The molecule has 1 unspecified atom stereocenters. The molecule has 1 atom stereocenters. The van der Waals surface area contributed by atoms with Crippen molar-refractivity contribution < 1.29 is 4.79 Å². The summed E-state index contributed by atoms with van der Waals surface area (Å²) in [6.45, 7) is 17.7. The number of fused-ring (bicyclic) bond motifs is 1. The molecule has 0 radical (unpaired) electrons. The molecule has 26 heavy (non-hydrogen) atoms. The zero-order valence-corrected chi connectivity index (χ0v) is 17.6. The molecule has 1 heteroatoms. The molecular formula is C25H32O. The van der Waals surface area contributed by atoms with Crippen LogP contribution < -0.4 is 0 Å². The zero-order chi connectivity index (χ0) is 19.4. The van der Waals surface area contributed by atoms with Crippen molar-refractivity contribution in [3.8, 4) is 11.1 Å². The van der Waals surface area contributed by atoms with Crippen molar-refractivity contribution in [2.45, 2.75) is 72.6 Å². The third-order valence-corrected chi connectivity index (χ3v) is 5.77. The smallest absolute Gasteiger partial charge is 0.166 e. The topological polar surface area (TPSA) is 17.1 Å². The monoisotopic (exact) mass is 348 g/mol. The number of hydrogen-bond acceptors (Lipinski definition) is 1. The number of hydrogen-bond donors (Lipinski definition) is 0. The predicted octanol–water partition coefficient (Wildman–Crippen LogP) is 6.63. The highest BCUT2D eigenvalue weighted by molar-refractivity contribution is 6.04. The molecule has 0 N–H and O–H groups in total. The van der Waals surface area contributed by atoms with Crippen LogP contribution in [-0.2, 0) is 17.3 Å². The minimum absolute atomic E-state index is 0.0192. The summed E-state index contributed by atoms with van der Waals surface area (Å²) in [6, 6.07) is 11.1. The average Bonchev–Trinajstić information content (AvgIpc) is 2.80. The maximum absolute atomic E-state index is 12.8. The van der Waals surface area contributed by atoms with E-state index in [1.54, 1.807) is 0 Å². The Balaban J connectivity index is 2.26. The Bertz CT molecular complexity index is 855.